The van der Waals surface area contributed by atoms with Gasteiger partial charge in [-0.2, -0.15) is 13.2 Å². The van der Waals surface area contributed by atoms with E-state index in [1.54, 1.807) is 0 Å². The van der Waals surface area contributed by atoms with E-state index in [0.717, 1.165) is 25.7 Å². The number of quaternary nitrogens is 1. The summed E-state index contributed by atoms with van der Waals surface area (Å²) < 4.78 is 40.8. The van der Waals surface area contributed by atoms with Crippen LogP contribution in [0.4, 0.5) is 13.2 Å². The lowest BCUT2D eigenvalue weighted by molar-refractivity contribution is -0.698. The molecule has 4 saturated carbocycles. The first-order valence-electron chi connectivity index (χ1n) is 9.71. The molecule has 0 saturated heterocycles. The van der Waals surface area contributed by atoms with Gasteiger partial charge in [0.1, 0.15) is 0 Å². The number of hydroxylamine groups is 1. The third-order valence-electron chi connectivity index (χ3n) is 6.21. The smallest absolute Gasteiger partial charge is 0.496 e. The van der Waals surface area contributed by atoms with Crippen molar-refractivity contribution in [2.45, 2.75) is 69.7 Å². The Morgan fingerprint density at radius 3 is 2.12 bits per heavy atom. The fourth-order valence-corrected chi connectivity index (χ4v) is 6.09. The predicted molar refractivity (Wildman–Crippen MR) is 92.9 cm³/mol. The van der Waals surface area contributed by atoms with E-state index in [0.29, 0.717) is 43.6 Å². The Bertz CT molecular complexity index is 465. The molecule has 0 aromatic heterocycles. The number of halogens is 3. The van der Waals surface area contributed by atoms with Gasteiger partial charge in [-0.3, -0.25) is 4.79 Å². The summed E-state index contributed by atoms with van der Waals surface area (Å²) in [6.07, 6.45) is 9.46. The lowest BCUT2D eigenvalue weighted by Crippen LogP contribution is -3.01. The minimum atomic E-state index is -4.48. The van der Waals surface area contributed by atoms with E-state index in [-0.39, 0.29) is 17.9 Å². The third-order valence-corrected chi connectivity index (χ3v) is 6.87. The zero-order valence-corrected chi connectivity index (χ0v) is 15.8. The van der Waals surface area contributed by atoms with Crippen LogP contribution in [-0.2, 0) is 9.53 Å². The molecule has 0 amide bonds. The Hall–Kier alpha value is -0.470. The standard InChI is InChI=1S/C18H28F3NO3S/c19-18(20,21)26-22(24)5-3-1-2-4-6-25-16(23)17-10-13-7-14(11-17)9-15(8-13)12-17/h13-15,22H,1-12H2. The van der Waals surface area contributed by atoms with Gasteiger partial charge in [-0.15, -0.1) is 0 Å². The minimum absolute atomic E-state index is 0.0200. The molecule has 4 bridgehead atoms. The molecule has 26 heavy (non-hydrogen) atoms. The van der Waals surface area contributed by atoms with Crippen LogP contribution < -0.4 is 4.47 Å². The highest BCUT2D eigenvalue weighted by molar-refractivity contribution is 7.93. The molecule has 1 unspecified atom stereocenters. The molecule has 1 N–H and O–H groups in total. The van der Waals surface area contributed by atoms with Crippen molar-refractivity contribution in [2.24, 2.45) is 23.2 Å². The van der Waals surface area contributed by atoms with Gasteiger partial charge in [-0.1, -0.05) is 0 Å². The fraction of sp³-hybridized carbons (Fsp3) is 0.944. The maximum absolute atomic E-state index is 12.6. The molecule has 4 aliphatic carbocycles. The first kappa shape index (κ1) is 20.3. The monoisotopic (exact) mass is 395 g/mol. The Labute approximate surface area is 156 Å². The quantitative estimate of drug-likeness (QED) is 0.279. The Balaban J connectivity index is 1.27. The van der Waals surface area contributed by atoms with Crippen molar-refractivity contribution in [3.63, 3.8) is 0 Å². The SMILES string of the molecule is O=C(OCCCCCC[NH+]([O-])SC(F)(F)F)C12CC3CC(CC(C3)C1)C2. The van der Waals surface area contributed by atoms with Crippen LogP contribution in [0.15, 0.2) is 0 Å². The van der Waals surface area contributed by atoms with Crippen molar-refractivity contribution < 1.29 is 27.2 Å². The molecule has 0 heterocycles. The van der Waals surface area contributed by atoms with Crippen LogP contribution in [0, 0.1) is 28.4 Å². The maximum Gasteiger partial charge on any atom is 0.496 e. The van der Waals surface area contributed by atoms with E-state index < -0.39 is 21.9 Å². The van der Waals surface area contributed by atoms with Crippen LogP contribution >= 0.6 is 11.9 Å². The first-order chi connectivity index (χ1) is 12.3. The first-order valence-corrected chi connectivity index (χ1v) is 10.5. The number of rotatable bonds is 9. The van der Waals surface area contributed by atoms with Gasteiger partial charge in [-0.25, -0.2) is 0 Å². The maximum atomic E-state index is 12.6. The highest BCUT2D eigenvalue weighted by Crippen LogP contribution is 2.60. The fourth-order valence-electron chi connectivity index (χ4n) is 5.58. The Morgan fingerprint density at radius 1 is 1.04 bits per heavy atom. The summed E-state index contributed by atoms with van der Waals surface area (Å²) in [6, 6.07) is 0. The molecule has 0 spiro atoms. The molecule has 1 atom stereocenters. The van der Waals surface area contributed by atoms with Gasteiger partial charge in [0, 0.05) is 0 Å². The predicted octanol–water partition coefficient (Wildman–Crippen LogP) is 3.86. The van der Waals surface area contributed by atoms with Gasteiger partial charge >= 0.3 is 11.5 Å². The number of unbranched alkanes of at least 4 members (excludes halogenated alkanes) is 3. The summed E-state index contributed by atoms with van der Waals surface area (Å²) in [6.45, 7) is 0.322. The van der Waals surface area contributed by atoms with Crippen LogP contribution in [0.3, 0.4) is 0 Å². The Kier molecular flexibility index (Phi) is 6.45. The molecule has 4 aliphatic rings. The van der Waals surface area contributed by atoms with E-state index in [9.17, 15) is 23.2 Å². The largest absolute Gasteiger partial charge is 0.621 e. The van der Waals surface area contributed by atoms with Gasteiger partial charge in [0.25, 0.3) is 0 Å². The van der Waals surface area contributed by atoms with Crippen LogP contribution in [0.1, 0.15) is 64.2 Å². The average Bonchev–Trinajstić information content (AvgIpc) is 2.50. The summed E-state index contributed by atoms with van der Waals surface area (Å²) >= 11 is -0.552. The number of ether oxygens (including phenoxy) is 1. The van der Waals surface area contributed by atoms with Gasteiger partial charge < -0.3 is 14.4 Å². The van der Waals surface area contributed by atoms with Crippen molar-refractivity contribution in [1.82, 2.24) is 0 Å². The minimum Gasteiger partial charge on any atom is -0.621 e. The normalized spacial score (nSPS) is 34.1. The third kappa shape index (κ3) is 5.29. The molecule has 0 aliphatic heterocycles. The van der Waals surface area contributed by atoms with Crippen molar-refractivity contribution in [1.29, 1.82) is 0 Å². The molecule has 0 aromatic carbocycles. The topological polar surface area (TPSA) is 53.8 Å². The zero-order chi connectivity index (χ0) is 18.8. The van der Waals surface area contributed by atoms with Crippen LogP contribution in [0.5, 0.6) is 0 Å². The van der Waals surface area contributed by atoms with Gasteiger partial charge in [0.05, 0.1) is 18.6 Å². The van der Waals surface area contributed by atoms with Crippen molar-refractivity contribution in [2.75, 3.05) is 13.2 Å². The molecule has 150 valence electrons. The van der Waals surface area contributed by atoms with E-state index >= 15 is 0 Å². The van der Waals surface area contributed by atoms with Crippen LogP contribution in [0.2, 0.25) is 0 Å². The van der Waals surface area contributed by atoms with Gasteiger partial charge in [0.15, 0.2) is 11.9 Å². The highest BCUT2D eigenvalue weighted by atomic mass is 32.2. The van der Waals surface area contributed by atoms with Crippen molar-refractivity contribution in [3.05, 3.63) is 5.21 Å². The number of hydrogen-bond acceptors (Lipinski definition) is 4. The molecule has 0 aromatic rings. The van der Waals surface area contributed by atoms with Crippen molar-refractivity contribution in [3.8, 4) is 0 Å². The van der Waals surface area contributed by atoms with E-state index in [2.05, 4.69) is 0 Å². The molecule has 0 radical (unpaired) electrons. The summed E-state index contributed by atoms with van der Waals surface area (Å²) in [4.78, 5) is 12.6. The number of alkyl halides is 3. The van der Waals surface area contributed by atoms with Gasteiger partial charge in [0.2, 0.25) is 0 Å². The summed E-state index contributed by atoms with van der Waals surface area (Å²) in [5, 5.41) is 11.1. The number of carbonyl (C=O) groups excluding carboxylic acids is 1. The van der Waals surface area contributed by atoms with Crippen LogP contribution in [0.25, 0.3) is 0 Å². The molecule has 4 fully saturated rings. The number of hydrogen-bond donors (Lipinski definition) is 1. The lowest BCUT2D eigenvalue weighted by atomic mass is 9.49. The van der Waals surface area contributed by atoms with Crippen LogP contribution in [-0.4, -0.2) is 24.6 Å². The summed E-state index contributed by atoms with van der Waals surface area (Å²) in [5.74, 6) is 2.11. The lowest BCUT2D eigenvalue weighted by Gasteiger charge is -2.55. The number of esters is 1. The van der Waals surface area contributed by atoms with E-state index in [1.165, 1.54) is 19.3 Å². The molecular formula is C18H28F3NO3S. The van der Waals surface area contributed by atoms with E-state index in [4.69, 9.17) is 4.74 Å². The van der Waals surface area contributed by atoms with E-state index in [1.807, 2.05) is 0 Å². The molecule has 8 heteroatoms. The Morgan fingerprint density at radius 2 is 1.58 bits per heavy atom. The second-order valence-electron chi connectivity index (χ2n) is 8.42. The second-order valence-corrected chi connectivity index (χ2v) is 9.54. The zero-order valence-electron chi connectivity index (χ0n) is 15.0. The second kappa shape index (κ2) is 8.27. The summed E-state index contributed by atoms with van der Waals surface area (Å²) in [5.41, 5.74) is -4.71. The number of carbonyl (C=O) groups is 1. The van der Waals surface area contributed by atoms with Gasteiger partial charge in [-0.05, 0) is 82.0 Å². The average molecular weight is 395 g/mol. The number of nitrogens with one attached hydrogen (secondary N) is 1. The highest BCUT2D eigenvalue weighted by Gasteiger charge is 2.55. The molecular weight excluding hydrogens is 367 g/mol. The molecule has 4 rings (SSSR count). The summed E-state index contributed by atoms with van der Waals surface area (Å²) in [7, 11) is 0. The van der Waals surface area contributed by atoms with Crippen molar-refractivity contribution >= 4 is 17.9 Å². The molecule has 4 nitrogen and oxygen atoms in total.